The highest BCUT2D eigenvalue weighted by atomic mass is 32.2. The Morgan fingerprint density at radius 2 is 2.43 bits per heavy atom. The Bertz CT molecular complexity index is 474. The van der Waals surface area contributed by atoms with Crippen molar-refractivity contribution >= 4 is 11.8 Å². The molecule has 2 heterocycles. The average Bonchev–Trinajstić information content (AvgIpc) is 2.95. The van der Waals surface area contributed by atoms with Crippen molar-refractivity contribution < 1.29 is 9.47 Å². The number of benzene rings is 1. The van der Waals surface area contributed by atoms with E-state index in [2.05, 4.69) is 12.1 Å². The Balaban J connectivity index is 1.72. The molecule has 3 unspecified atom stereocenters. The van der Waals surface area contributed by atoms with Crippen LogP contribution in [0.4, 0.5) is 0 Å². The van der Waals surface area contributed by atoms with Gasteiger partial charge in [-0.3, -0.25) is 0 Å². The third-order valence-electron chi connectivity index (χ3n) is 4.66. The lowest BCUT2D eigenvalue weighted by Crippen LogP contribution is -2.42. The summed E-state index contributed by atoms with van der Waals surface area (Å²) in [6, 6.07) is 8.34. The fourth-order valence-electron chi connectivity index (χ4n) is 3.49. The monoisotopic (exact) mass is 307 g/mol. The largest absolute Gasteiger partial charge is 0.494 e. The van der Waals surface area contributed by atoms with E-state index in [1.54, 1.807) is 0 Å². The lowest BCUT2D eigenvalue weighted by molar-refractivity contribution is -0.0834. The normalized spacial score (nSPS) is 30.5. The van der Waals surface area contributed by atoms with Gasteiger partial charge in [-0.25, -0.2) is 0 Å². The summed E-state index contributed by atoms with van der Waals surface area (Å²) in [5.74, 6) is 3.79. The molecular formula is C17H25NO2S. The molecule has 0 aliphatic carbocycles. The maximum Gasteiger partial charge on any atom is 0.119 e. The molecule has 2 saturated heterocycles. The van der Waals surface area contributed by atoms with Gasteiger partial charge in [0.15, 0.2) is 0 Å². The standard InChI is InChI=1S/C17H25NO2S/c1-2-19-15-5-3-4-13(10-15)16(18)14-6-8-20-17(11-14)7-9-21-12-17/h3-5,10,14,16H,2,6-9,11-12,18H2,1H3. The fourth-order valence-corrected chi connectivity index (χ4v) is 4.86. The molecule has 1 spiro atoms. The third-order valence-corrected chi connectivity index (χ3v) is 5.88. The maximum absolute atomic E-state index is 6.57. The summed E-state index contributed by atoms with van der Waals surface area (Å²) in [7, 11) is 0. The first kappa shape index (κ1) is 15.2. The zero-order valence-electron chi connectivity index (χ0n) is 12.7. The number of hydrogen-bond donors (Lipinski definition) is 1. The second kappa shape index (κ2) is 6.59. The van der Waals surface area contributed by atoms with E-state index in [4.69, 9.17) is 15.2 Å². The highest BCUT2D eigenvalue weighted by molar-refractivity contribution is 7.99. The van der Waals surface area contributed by atoms with Crippen molar-refractivity contribution in [3.63, 3.8) is 0 Å². The lowest BCUT2D eigenvalue weighted by atomic mass is 9.79. The molecule has 2 N–H and O–H groups in total. The van der Waals surface area contributed by atoms with Gasteiger partial charge in [0.1, 0.15) is 5.75 Å². The predicted octanol–water partition coefficient (Wildman–Crippen LogP) is 3.39. The van der Waals surface area contributed by atoms with Gasteiger partial charge in [0.05, 0.1) is 12.2 Å². The van der Waals surface area contributed by atoms with Crippen LogP contribution < -0.4 is 10.5 Å². The number of nitrogens with two attached hydrogens (primary N) is 1. The minimum absolute atomic E-state index is 0.0804. The zero-order valence-corrected chi connectivity index (χ0v) is 13.5. The van der Waals surface area contributed by atoms with Gasteiger partial charge in [0.2, 0.25) is 0 Å². The molecule has 3 rings (SSSR count). The Hall–Kier alpha value is -0.710. The Morgan fingerprint density at radius 3 is 3.19 bits per heavy atom. The van der Waals surface area contributed by atoms with E-state index in [0.717, 1.165) is 31.0 Å². The van der Waals surface area contributed by atoms with E-state index in [9.17, 15) is 0 Å². The highest BCUT2D eigenvalue weighted by Gasteiger charge is 2.42. The van der Waals surface area contributed by atoms with Crippen molar-refractivity contribution in [1.29, 1.82) is 0 Å². The minimum Gasteiger partial charge on any atom is -0.494 e. The van der Waals surface area contributed by atoms with E-state index in [-0.39, 0.29) is 11.6 Å². The average molecular weight is 307 g/mol. The SMILES string of the molecule is CCOc1cccc(C(N)C2CCOC3(CCSC3)C2)c1. The fraction of sp³-hybridized carbons (Fsp3) is 0.647. The van der Waals surface area contributed by atoms with Crippen LogP contribution in [0.2, 0.25) is 0 Å². The molecule has 3 atom stereocenters. The molecule has 0 saturated carbocycles. The van der Waals surface area contributed by atoms with Gasteiger partial charge in [0, 0.05) is 18.4 Å². The van der Waals surface area contributed by atoms with Gasteiger partial charge in [-0.2, -0.15) is 11.8 Å². The van der Waals surface area contributed by atoms with Crippen molar-refractivity contribution in [3.05, 3.63) is 29.8 Å². The van der Waals surface area contributed by atoms with Crippen LogP contribution in [0.15, 0.2) is 24.3 Å². The second-order valence-corrected chi connectivity index (χ2v) is 7.22. The summed E-state index contributed by atoms with van der Waals surface area (Å²) in [6.07, 6.45) is 3.34. The van der Waals surface area contributed by atoms with Gasteiger partial charge in [-0.15, -0.1) is 0 Å². The Labute approximate surface area is 131 Å². The second-order valence-electron chi connectivity index (χ2n) is 6.12. The van der Waals surface area contributed by atoms with Crippen LogP contribution in [-0.2, 0) is 4.74 Å². The van der Waals surface area contributed by atoms with Crippen LogP contribution in [0.1, 0.15) is 37.8 Å². The molecule has 4 heteroatoms. The molecule has 2 aliphatic heterocycles. The Kier molecular flexibility index (Phi) is 4.77. The van der Waals surface area contributed by atoms with Gasteiger partial charge in [0.25, 0.3) is 0 Å². The molecule has 2 fully saturated rings. The van der Waals surface area contributed by atoms with Crippen LogP contribution >= 0.6 is 11.8 Å². The molecule has 21 heavy (non-hydrogen) atoms. The molecule has 0 amide bonds. The van der Waals surface area contributed by atoms with Gasteiger partial charge >= 0.3 is 0 Å². The molecule has 1 aromatic carbocycles. The first-order chi connectivity index (χ1) is 10.2. The molecule has 0 bridgehead atoms. The van der Waals surface area contributed by atoms with Crippen molar-refractivity contribution in [1.82, 2.24) is 0 Å². The molecule has 0 radical (unpaired) electrons. The summed E-state index contributed by atoms with van der Waals surface area (Å²) in [4.78, 5) is 0. The van der Waals surface area contributed by atoms with Gasteiger partial charge in [-0.1, -0.05) is 12.1 Å². The van der Waals surface area contributed by atoms with Gasteiger partial charge < -0.3 is 15.2 Å². The summed E-state index contributed by atoms with van der Waals surface area (Å²) in [5, 5.41) is 0. The quantitative estimate of drug-likeness (QED) is 0.926. The number of ether oxygens (including phenoxy) is 2. The summed E-state index contributed by atoms with van der Waals surface area (Å²) < 4.78 is 11.7. The number of rotatable bonds is 4. The van der Waals surface area contributed by atoms with Crippen LogP contribution in [0.25, 0.3) is 0 Å². The molecular weight excluding hydrogens is 282 g/mol. The van der Waals surface area contributed by atoms with E-state index in [1.165, 1.54) is 17.7 Å². The highest BCUT2D eigenvalue weighted by Crippen LogP contribution is 2.43. The molecule has 1 aromatic rings. The molecule has 0 aromatic heterocycles. The lowest BCUT2D eigenvalue weighted by Gasteiger charge is -2.40. The first-order valence-corrected chi connectivity index (χ1v) is 9.08. The van der Waals surface area contributed by atoms with Crippen molar-refractivity contribution in [2.24, 2.45) is 11.7 Å². The zero-order chi connectivity index (χ0) is 14.7. The summed E-state index contributed by atoms with van der Waals surface area (Å²) in [5.41, 5.74) is 7.86. The minimum atomic E-state index is 0.0804. The van der Waals surface area contributed by atoms with Crippen molar-refractivity contribution in [2.75, 3.05) is 24.7 Å². The first-order valence-electron chi connectivity index (χ1n) is 7.92. The van der Waals surface area contributed by atoms with Crippen molar-refractivity contribution in [3.8, 4) is 5.75 Å². The number of hydrogen-bond acceptors (Lipinski definition) is 4. The van der Waals surface area contributed by atoms with E-state index >= 15 is 0 Å². The predicted molar refractivity (Wildman–Crippen MR) is 87.9 cm³/mol. The topological polar surface area (TPSA) is 44.5 Å². The van der Waals surface area contributed by atoms with Crippen LogP contribution in [0.3, 0.4) is 0 Å². The smallest absolute Gasteiger partial charge is 0.119 e. The van der Waals surface area contributed by atoms with E-state index < -0.39 is 0 Å². The van der Waals surface area contributed by atoms with E-state index in [1.807, 2.05) is 30.8 Å². The van der Waals surface area contributed by atoms with Crippen LogP contribution in [-0.4, -0.2) is 30.3 Å². The van der Waals surface area contributed by atoms with Crippen molar-refractivity contribution in [2.45, 2.75) is 37.8 Å². The molecule has 116 valence electrons. The Morgan fingerprint density at radius 1 is 1.52 bits per heavy atom. The van der Waals surface area contributed by atoms with Crippen LogP contribution in [0.5, 0.6) is 5.75 Å². The molecule has 2 aliphatic rings. The third kappa shape index (κ3) is 3.38. The summed E-state index contributed by atoms with van der Waals surface area (Å²) >= 11 is 2.01. The van der Waals surface area contributed by atoms with Crippen LogP contribution in [0, 0.1) is 5.92 Å². The molecule has 3 nitrogen and oxygen atoms in total. The number of thioether (sulfide) groups is 1. The maximum atomic E-state index is 6.57. The summed E-state index contributed by atoms with van der Waals surface area (Å²) in [6.45, 7) is 3.55. The van der Waals surface area contributed by atoms with E-state index in [0.29, 0.717) is 12.5 Å². The van der Waals surface area contributed by atoms with Gasteiger partial charge in [-0.05, 0) is 55.6 Å².